The molecule has 0 aliphatic carbocycles. The highest BCUT2D eigenvalue weighted by atomic mass is 32.2. The highest BCUT2D eigenvalue weighted by Gasteiger charge is 2.36. The van der Waals surface area contributed by atoms with Crippen molar-refractivity contribution >= 4 is 32.5 Å². The lowest BCUT2D eigenvalue weighted by Crippen LogP contribution is -2.44. The van der Waals surface area contributed by atoms with Crippen molar-refractivity contribution in [3.8, 4) is 0 Å². The van der Waals surface area contributed by atoms with E-state index in [9.17, 15) is 13.2 Å². The predicted molar refractivity (Wildman–Crippen MR) is 91.9 cm³/mol. The summed E-state index contributed by atoms with van der Waals surface area (Å²) in [5, 5.41) is 10.0. The molecule has 2 heterocycles. The average Bonchev–Trinajstić information content (AvgIpc) is 3.18. The van der Waals surface area contributed by atoms with E-state index < -0.39 is 21.5 Å². The van der Waals surface area contributed by atoms with Crippen LogP contribution in [0.1, 0.15) is 13.8 Å². The number of nitrogens with one attached hydrogen (secondary N) is 1. The van der Waals surface area contributed by atoms with Crippen LogP contribution in [-0.2, 0) is 19.5 Å². The van der Waals surface area contributed by atoms with E-state index in [1.165, 1.54) is 19.0 Å². The molecule has 0 bridgehead atoms. The summed E-state index contributed by atoms with van der Waals surface area (Å²) in [7, 11) is 0.759. The minimum Gasteiger partial charge on any atom is -0.350 e. The second-order valence-electron chi connectivity index (χ2n) is 6.51. The molecule has 142 valence electrons. The first kappa shape index (κ1) is 20.0. The summed E-state index contributed by atoms with van der Waals surface area (Å²) in [6, 6.07) is -0.420. The molecule has 2 amide bonds. The van der Waals surface area contributed by atoms with Crippen LogP contribution >= 0.6 is 11.3 Å². The first-order valence-electron chi connectivity index (χ1n) is 7.55. The van der Waals surface area contributed by atoms with Gasteiger partial charge < -0.3 is 14.4 Å². The van der Waals surface area contributed by atoms with Crippen molar-refractivity contribution in [2.24, 2.45) is 5.41 Å². The molecule has 1 N–H and O–H groups in total. The normalized spacial score (nSPS) is 16.4. The third-order valence-corrected chi connectivity index (χ3v) is 6.57. The molecule has 1 fully saturated rings. The Morgan fingerprint density at radius 1 is 1.28 bits per heavy atom. The molecule has 0 atom stereocenters. The maximum absolute atomic E-state index is 12.3. The predicted octanol–water partition coefficient (Wildman–Crippen LogP) is 0.651. The second kappa shape index (κ2) is 7.50. The van der Waals surface area contributed by atoms with Crippen molar-refractivity contribution in [3.63, 3.8) is 0 Å². The molecule has 0 saturated carbocycles. The molecule has 2 rings (SSSR count). The van der Waals surface area contributed by atoms with Gasteiger partial charge in [0, 0.05) is 33.1 Å². The molecule has 1 aliphatic rings. The van der Waals surface area contributed by atoms with Gasteiger partial charge in [0.15, 0.2) is 6.29 Å². The number of ether oxygens (including phenoxy) is 2. The zero-order valence-corrected chi connectivity index (χ0v) is 16.5. The Balaban J connectivity index is 1.98. The third-order valence-electron chi connectivity index (χ3n) is 3.57. The van der Waals surface area contributed by atoms with E-state index in [4.69, 9.17) is 9.47 Å². The van der Waals surface area contributed by atoms with Crippen LogP contribution < -0.4 is 5.32 Å². The largest absolute Gasteiger partial charge is 0.350 e. The molecular weight excluding hydrogens is 370 g/mol. The number of amides is 2. The summed E-state index contributed by atoms with van der Waals surface area (Å²) in [6.07, 6.45) is -0.374. The lowest BCUT2D eigenvalue weighted by atomic mass is 9.92. The fourth-order valence-electron chi connectivity index (χ4n) is 2.27. The summed E-state index contributed by atoms with van der Waals surface area (Å²) >= 11 is 0.797. The van der Waals surface area contributed by atoms with E-state index in [2.05, 4.69) is 15.5 Å². The van der Waals surface area contributed by atoms with Crippen molar-refractivity contribution < 1.29 is 22.7 Å². The summed E-state index contributed by atoms with van der Waals surface area (Å²) < 4.78 is 35.8. The Bertz CT molecular complexity index is 712. The molecule has 1 aromatic rings. The molecule has 25 heavy (non-hydrogen) atoms. The number of hydrogen-bond acceptors (Lipinski definition) is 8. The maximum Gasteiger partial charge on any atom is 0.323 e. The van der Waals surface area contributed by atoms with Crippen LogP contribution in [0.2, 0.25) is 0 Å². The SMILES string of the molecule is CN(CC(C)(C)C1OCCO1)C(=O)Nc1nnc(S(=O)(=O)N(C)C)s1. The number of sulfonamides is 1. The smallest absolute Gasteiger partial charge is 0.323 e. The van der Waals surface area contributed by atoms with Gasteiger partial charge in [0.25, 0.3) is 10.0 Å². The van der Waals surface area contributed by atoms with Crippen molar-refractivity contribution in [3.05, 3.63) is 0 Å². The lowest BCUT2D eigenvalue weighted by Gasteiger charge is -2.33. The van der Waals surface area contributed by atoms with E-state index in [-0.39, 0.29) is 15.8 Å². The van der Waals surface area contributed by atoms with E-state index in [1.807, 2.05) is 13.8 Å². The van der Waals surface area contributed by atoms with Crippen LogP contribution in [0.5, 0.6) is 0 Å². The van der Waals surface area contributed by atoms with Crippen molar-refractivity contribution in [2.45, 2.75) is 24.5 Å². The molecule has 0 spiro atoms. The first-order chi connectivity index (χ1) is 11.5. The number of urea groups is 1. The van der Waals surface area contributed by atoms with E-state index in [1.54, 1.807) is 7.05 Å². The number of carbonyl (C=O) groups is 1. The van der Waals surface area contributed by atoms with Gasteiger partial charge >= 0.3 is 6.03 Å². The van der Waals surface area contributed by atoms with Crippen molar-refractivity contribution in [2.75, 3.05) is 46.2 Å². The monoisotopic (exact) mass is 393 g/mol. The molecule has 1 saturated heterocycles. The molecule has 1 aliphatic heterocycles. The maximum atomic E-state index is 12.3. The van der Waals surface area contributed by atoms with Crippen LogP contribution in [0.3, 0.4) is 0 Å². The fourth-order valence-corrected chi connectivity index (χ4v) is 4.30. The Labute approximate surface area is 151 Å². The summed E-state index contributed by atoms with van der Waals surface area (Å²) in [5.41, 5.74) is -0.400. The summed E-state index contributed by atoms with van der Waals surface area (Å²) in [5.74, 6) is 0. The van der Waals surface area contributed by atoms with E-state index in [0.717, 1.165) is 15.6 Å². The van der Waals surface area contributed by atoms with Crippen LogP contribution in [0.25, 0.3) is 0 Å². The van der Waals surface area contributed by atoms with Gasteiger partial charge in [-0.2, -0.15) is 0 Å². The molecule has 1 aromatic heterocycles. The molecule has 10 nitrogen and oxygen atoms in total. The van der Waals surface area contributed by atoms with Crippen LogP contribution in [0.15, 0.2) is 4.34 Å². The van der Waals surface area contributed by atoms with Crippen LogP contribution in [0, 0.1) is 5.41 Å². The number of rotatable bonds is 6. The Morgan fingerprint density at radius 2 is 1.88 bits per heavy atom. The zero-order valence-electron chi connectivity index (χ0n) is 14.8. The number of carbonyl (C=O) groups excluding carboxylic acids is 1. The van der Waals surface area contributed by atoms with Gasteiger partial charge in [-0.15, -0.1) is 10.2 Å². The lowest BCUT2D eigenvalue weighted by molar-refractivity contribution is -0.123. The zero-order chi connectivity index (χ0) is 18.8. The number of anilines is 1. The van der Waals surface area contributed by atoms with E-state index >= 15 is 0 Å². The highest BCUT2D eigenvalue weighted by Crippen LogP contribution is 2.28. The quantitative estimate of drug-likeness (QED) is 0.706. The Morgan fingerprint density at radius 3 is 2.44 bits per heavy atom. The minimum atomic E-state index is -3.67. The second-order valence-corrected chi connectivity index (χ2v) is 9.81. The van der Waals surface area contributed by atoms with Crippen molar-refractivity contribution in [1.29, 1.82) is 0 Å². The highest BCUT2D eigenvalue weighted by molar-refractivity contribution is 7.91. The first-order valence-corrected chi connectivity index (χ1v) is 9.81. The molecule has 0 radical (unpaired) electrons. The van der Waals surface area contributed by atoms with Crippen molar-refractivity contribution in [1.82, 2.24) is 19.4 Å². The van der Waals surface area contributed by atoms with Crippen LogP contribution in [0.4, 0.5) is 9.93 Å². The Kier molecular flexibility index (Phi) is 5.99. The standard InChI is InChI=1S/C13H23N5O5S2/c1-13(2,9-22-6-7-23-9)8-18(5)11(19)14-10-15-16-12(24-10)25(20,21)17(3)4/h9H,6-8H2,1-5H3,(H,14,15,19). The molecular formula is C13H23N5O5S2. The average molecular weight is 393 g/mol. The topological polar surface area (TPSA) is 114 Å². The molecule has 0 unspecified atom stereocenters. The Hall–Kier alpha value is -1.34. The van der Waals surface area contributed by atoms with Crippen LogP contribution in [-0.4, -0.2) is 81.0 Å². The molecule has 0 aromatic carbocycles. The summed E-state index contributed by atoms with van der Waals surface area (Å²) in [4.78, 5) is 13.8. The van der Waals surface area contributed by atoms with Gasteiger partial charge in [-0.25, -0.2) is 17.5 Å². The van der Waals surface area contributed by atoms with Gasteiger partial charge in [0.05, 0.1) is 13.2 Å². The van der Waals surface area contributed by atoms with Gasteiger partial charge in [0.1, 0.15) is 0 Å². The van der Waals surface area contributed by atoms with Gasteiger partial charge in [-0.1, -0.05) is 25.2 Å². The van der Waals surface area contributed by atoms with Gasteiger partial charge in [-0.3, -0.25) is 5.32 Å². The minimum absolute atomic E-state index is 0.114. The number of nitrogens with zero attached hydrogens (tertiary/aromatic N) is 4. The number of aromatic nitrogens is 2. The van der Waals surface area contributed by atoms with Gasteiger partial charge in [-0.05, 0) is 0 Å². The molecule has 12 heteroatoms. The van der Waals surface area contributed by atoms with Gasteiger partial charge in [0.2, 0.25) is 9.47 Å². The summed E-state index contributed by atoms with van der Waals surface area (Å²) in [6.45, 7) is 5.35. The van der Waals surface area contributed by atoms with E-state index in [0.29, 0.717) is 19.8 Å². The number of hydrogen-bond donors (Lipinski definition) is 1. The third kappa shape index (κ3) is 4.64. The fraction of sp³-hybridized carbons (Fsp3) is 0.769.